The summed E-state index contributed by atoms with van der Waals surface area (Å²) in [4.78, 5) is 0. The summed E-state index contributed by atoms with van der Waals surface area (Å²) < 4.78 is 0. The van der Waals surface area contributed by atoms with Gasteiger partial charge >= 0.3 is 0 Å². The molecule has 0 bridgehead atoms. The van der Waals surface area contributed by atoms with Crippen LogP contribution in [-0.2, 0) is 0 Å². The number of hydrogen-bond acceptors (Lipinski definition) is 1. The Morgan fingerprint density at radius 2 is 1.35 bits per heavy atom. The summed E-state index contributed by atoms with van der Waals surface area (Å²) in [6.45, 7) is 12.0. The van der Waals surface area contributed by atoms with Crippen LogP contribution in [0.3, 0.4) is 0 Å². The van der Waals surface area contributed by atoms with E-state index in [1.807, 2.05) is 19.3 Å². The normalized spacial score (nSPS) is 11.8. The molecule has 0 unspecified atom stereocenters. The predicted molar refractivity (Wildman–Crippen MR) is 91.8 cm³/mol. The van der Waals surface area contributed by atoms with E-state index in [9.17, 15) is 0 Å². The van der Waals surface area contributed by atoms with Crippen LogP contribution in [0.5, 0.6) is 0 Å². The van der Waals surface area contributed by atoms with E-state index in [1.165, 1.54) is 22.3 Å². The Labute approximate surface area is 124 Å². The molecule has 1 heteroatoms. The third-order valence-corrected chi connectivity index (χ3v) is 3.03. The van der Waals surface area contributed by atoms with Gasteiger partial charge in [-0.05, 0) is 62.2 Å². The van der Waals surface area contributed by atoms with Crippen LogP contribution in [0.2, 0.25) is 0 Å². The molecule has 20 heavy (non-hydrogen) atoms. The molecule has 0 fully saturated rings. The first kappa shape index (κ1) is 18.0. The molecule has 1 N–H and O–H groups in total. The zero-order valence-electron chi connectivity index (χ0n) is 13.4. The average molecular weight is 269 g/mol. The Kier molecular flexibility index (Phi) is 9.76. The van der Waals surface area contributed by atoms with Gasteiger partial charge in [0, 0.05) is 7.05 Å². The van der Waals surface area contributed by atoms with Crippen LogP contribution >= 0.6 is 0 Å². The standard InChI is InChI=1S/C8H10.C6H8.C5H9N/c1-7-5-3-4-6-8(7)2;1-5-3-4-6(5)2;1-3-4-5-6-2/h3-6H,1-2H3;3-4H,1-2H3;3-6H,1H2,2H3/b;;5-4-. The first-order valence-corrected chi connectivity index (χ1v) is 6.85. The van der Waals surface area contributed by atoms with Gasteiger partial charge in [0.1, 0.15) is 0 Å². The fourth-order valence-electron chi connectivity index (χ4n) is 1.24. The van der Waals surface area contributed by atoms with Crippen molar-refractivity contribution in [3.63, 3.8) is 0 Å². The summed E-state index contributed by atoms with van der Waals surface area (Å²) in [5.74, 6) is 0. The lowest BCUT2D eigenvalue weighted by atomic mass is 10.0. The predicted octanol–water partition coefficient (Wildman–Crippen LogP) is 5.10. The van der Waals surface area contributed by atoms with Crippen molar-refractivity contribution < 1.29 is 0 Å². The highest BCUT2D eigenvalue weighted by Gasteiger charge is 1.94. The molecule has 1 aromatic carbocycles. The Hall–Kier alpha value is -2.02. The van der Waals surface area contributed by atoms with Crippen LogP contribution in [0.4, 0.5) is 0 Å². The quantitative estimate of drug-likeness (QED) is 0.736. The molecule has 0 amide bonds. The fraction of sp³-hybridized carbons (Fsp3) is 0.263. The number of benzene rings is 1. The number of nitrogens with one attached hydrogen (secondary N) is 1. The van der Waals surface area contributed by atoms with Crippen LogP contribution in [0.25, 0.3) is 0 Å². The van der Waals surface area contributed by atoms with Crippen LogP contribution in [0, 0.1) is 13.8 Å². The minimum Gasteiger partial charge on any atom is -0.394 e. The van der Waals surface area contributed by atoms with Crippen molar-refractivity contribution in [3.8, 4) is 0 Å². The van der Waals surface area contributed by atoms with E-state index in [4.69, 9.17) is 0 Å². The largest absolute Gasteiger partial charge is 0.394 e. The van der Waals surface area contributed by atoms with Crippen LogP contribution in [0.15, 0.2) is 72.5 Å². The van der Waals surface area contributed by atoms with E-state index in [2.05, 4.69) is 76.0 Å². The maximum atomic E-state index is 3.47. The van der Waals surface area contributed by atoms with Crippen molar-refractivity contribution in [1.82, 2.24) is 5.32 Å². The summed E-state index contributed by atoms with van der Waals surface area (Å²) >= 11 is 0. The summed E-state index contributed by atoms with van der Waals surface area (Å²) in [5.41, 5.74) is 5.59. The molecule has 0 saturated heterocycles. The lowest BCUT2D eigenvalue weighted by Crippen LogP contribution is -1.89. The monoisotopic (exact) mass is 269 g/mol. The van der Waals surface area contributed by atoms with E-state index >= 15 is 0 Å². The molecule has 0 atom stereocenters. The van der Waals surface area contributed by atoms with Crippen molar-refractivity contribution in [2.24, 2.45) is 0 Å². The van der Waals surface area contributed by atoms with Gasteiger partial charge in [0.2, 0.25) is 0 Å². The molecule has 0 aromatic heterocycles. The molecule has 2 rings (SSSR count). The summed E-state index contributed by atoms with van der Waals surface area (Å²) in [7, 11) is 1.85. The first-order chi connectivity index (χ1) is 9.52. The lowest BCUT2D eigenvalue weighted by Gasteiger charge is -2.04. The Morgan fingerprint density at radius 3 is 1.50 bits per heavy atom. The SMILES string of the molecule is C=C/C=C\NC.CC1=C(C)C=C1.Cc1ccccc1C. The number of aryl methyl sites for hydroxylation is 2. The van der Waals surface area contributed by atoms with Gasteiger partial charge in [-0.1, -0.05) is 49.1 Å². The Balaban J connectivity index is 0.000000276. The second kappa shape index (κ2) is 10.9. The molecule has 1 aliphatic carbocycles. The van der Waals surface area contributed by atoms with Gasteiger partial charge in [-0.2, -0.15) is 0 Å². The minimum atomic E-state index is 1.37. The Morgan fingerprint density at radius 1 is 0.900 bits per heavy atom. The number of allylic oxidation sites excluding steroid dienone is 6. The Bertz CT molecular complexity index is 455. The zero-order chi connectivity index (χ0) is 15.4. The van der Waals surface area contributed by atoms with E-state index in [-0.39, 0.29) is 0 Å². The van der Waals surface area contributed by atoms with Gasteiger partial charge in [0.15, 0.2) is 0 Å². The maximum Gasteiger partial charge on any atom is 0.00277 e. The molecule has 1 nitrogen and oxygen atoms in total. The van der Waals surface area contributed by atoms with Gasteiger partial charge in [-0.15, -0.1) is 0 Å². The third-order valence-electron chi connectivity index (χ3n) is 3.03. The molecule has 0 spiro atoms. The van der Waals surface area contributed by atoms with Crippen LogP contribution in [0.1, 0.15) is 25.0 Å². The molecule has 0 aliphatic heterocycles. The van der Waals surface area contributed by atoms with E-state index in [0.717, 1.165) is 0 Å². The molecule has 1 aromatic rings. The molecule has 1 aliphatic rings. The van der Waals surface area contributed by atoms with E-state index < -0.39 is 0 Å². The van der Waals surface area contributed by atoms with Crippen molar-refractivity contribution in [2.45, 2.75) is 27.7 Å². The highest BCUT2D eigenvalue weighted by atomic mass is 14.8. The molecule has 0 heterocycles. The molecule has 108 valence electrons. The summed E-state index contributed by atoms with van der Waals surface area (Å²) in [6, 6.07) is 8.36. The number of rotatable bonds is 2. The van der Waals surface area contributed by atoms with Crippen molar-refractivity contribution in [2.75, 3.05) is 7.05 Å². The maximum absolute atomic E-state index is 3.47. The van der Waals surface area contributed by atoms with Gasteiger partial charge < -0.3 is 5.32 Å². The average Bonchev–Trinajstić information content (AvgIpc) is 2.47. The van der Waals surface area contributed by atoms with Crippen LogP contribution in [-0.4, -0.2) is 7.05 Å². The second-order valence-electron chi connectivity index (χ2n) is 4.67. The lowest BCUT2D eigenvalue weighted by molar-refractivity contribution is 1.10. The first-order valence-electron chi connectivity index (χ1n) is 6.85. The molecular formula is C19H27N. The van der Waals surface area contributed by atoms with Gasteiger partial charge in [-0.3, -0.25) is 0 Å². The molecular weight excluding hydrogens is 242 g/mol. The smallest absolute Gasteiger partial charge is 0.00277 e. The second-order valence-corrected chi connectivity index (χ2v) is 4.67. The van der Waals surface area contributed by atoms with Crippen molar-refractivity contribution >= 4 is 0 Å². The van der Waals surface area contributed by atoms with Gasteiger partial charge in [0.25, 0.3) is 0 Å². The highest BCUT2D eigenvalue weighted by Crippen LogP contribution is 2.15. The summed E-state index contributed by atoms with van der Waals surface area (Å²) in [5, 5.41) is 2.82. The molecule has 0 saturated carbocycles. The van der Waals surface area contributed by atoms with E-state index in [0.29, 0.717) is 0 Å². The minimum absolute atomic E-state index is 1.37. The van der Waals surface area contributed by atoms with Crippen LogP contribution < -0.4 is 5.32 Å². The van der Waals surface area contributed by atoms with E-state index in [1.54, 1.807) is 6.08 Å². The van der Waals surface area contributed by atoms with Gasteiger partial charge in [0.05, 0.1) is 0 Å². The molecule has 0 radical (unpaired) electrons. The summed E-state index contributed by atoms with van der Waals surface area (Å²) in [6.07, 6.45) is 9.61. The highest BCUT2D eigenvalue weighted by molar-refractivity contribution is 5.41. The van der Waals surface area contributed by atoms with Gasteiger partial charge in [-0.25, -0.2) is 0 Å². The third kappa shape index (κ3) is 8.15. The zero-order valence-corrected chi connectivity index (χ0v) is 13.4. The topological polar surface area (TPSA) is 12.0 Å². The number of hydrogen-bond donors (Lipinski definition) is 1. The van der Waals surface area contributed by atoms with Crippen molar-refractivity contribution in [3.05, 3.63) is 83.6 Å². The fourth-order valence-corrected chi connectivity index (χ4v) is 1.24. The van der Waals surface area contributed by atoms with Crippen molar-refractivity contribution in [1.29, 1.82) is 0 Å².